The number of carbonyl (C=O) groups excluding carboxylic acids is 1. The van der Waals surface area contributed by atoms with Crippen molar-refractivity contribution in [3.63, 3.8) is 0 Å². The summed E-state index contributed by atoms with van der Waals surface area (Å²) in [6, 6.07) is 8.56. The molecule has 1 aliphatic carbocycles. The monoisotopic (exact) mass is 296 g/mol. The van der Waals surface area contributed by atoms with Gasteiger partial charge in [-0.05, 0) is 24.0 Å². The van der Waals surface area contributed by atoms with Crippen molar-refractivity contribution >= 4 is 11.7 Å². The van der Waals surface area contributed by atoms with Crippen molar-refractivity contribution in [1.82, 2.24) is 14.9 Å². The highest BCUT2D eigenvalue weighted by molar-refractivity contribution is 5.81. The fourth-order valence-corrected chi connectivity index (χ4v) is 2.99. The minimum absolute atomic E-state index is 0.0925. The van der Waals surface area contributed by atoms with Crippen molar-refractivity contribution < 1.29 is 4.79 Å². The van der Waals surface area contributed by atoms with E-state index in [1.165, 1.54) is 11.1 Å². The van der Waals surface area contributed by atoms with E-state index in [0.29, 0.717) is 12.4 Å². The average molecular weight is 296 g/mol. The highest BCUT2D eigenvalue weighted by Crippen LogP contribution is 2.34. The van der Waals surface area contributed by atoms with Gasteiger partial charge in [0.05, 0.1) is 18.8 Å². The van der Waals surface area contributed by atoms with Crippen LogP contribution in [0.4, 0.5) is 5.82 Å². The number of nitrogens with zero attached hydrogens (tertiary/aromatic N) is 4. The van der Waals surface area contributed by atoms with E-state index >= 15 is 0 Å². The van der Waals surface area contributed by atoms with E-state index in [2.05, 4.69) is 28.2 Å². The van der Waals surface area contributed by atoms with Crippen molar-refractivity contribution in [1.29, 1.82) is 0 Å². The lowest BCUT2D eigenvalue weighted by Gasteiger charge is -2.28. The number of anilines is 1. The highest BCUT2D eigenvalue weighted by Gasteiger charge is 2.28. The zero-order valence-corrected chi connectivity index (χ0v) is 12.9. The molecule has 22 heavy (non-hydrogen) atoms. The first kappa shape index (κ1) is 14.5. The van der Waals surface area contributed by atoms with Gasteiger partial charge in [-0.1, -0.05) is 24.3 Å². The van der Waals surface area contributed by atoms with E-state index in [4.69, 9.17) is 0 Å². The van der Waals surface area contributed by atoms with Crippen molar-refractivity contribution in [2.24, 2.45) is 0 Å². The first-order valence-electron chi connectivity index (χ1n) is 7.47. The Kier molecular flexibility index (Phi) is 4.04. The van der Waals surface area contributed by atoms with Crippen LogP contribution in [-0.4, -0.2) is 41.4 Å². The zero-order chi connectivity index (χ0) is 15.5. The largest absolute Gasteiger partial charge is 0.349 e. The smallest absolute Gasteiger partial charge is 0.242 e. The van der Waals surface area contributed by atoms with E-state index in [0.717, 1.165) is 12.8 Å². The predicted molar refractivity (Wildman–Crippen MR) is 85.6 cm³/mol. The lowest BCUT2D eigenvalue weighted by Crippen LogP contribution is -2.38. The van der Waals surface area contributed by atoms with Gasteiger partial charge in [0.15, 0.2) is 0 Å². The maximum Gasteiger partial charge on any atom is 0.242 e. The maximum absolute atomic E-state index is 12.6. The van der Waals surface area contributed by atoms with Crippen LogP contribution >= 0.6 is 0 Å². The molecule has 0 saturated heterocycles. The number of fused-ring (bicyclic) bond motifs is 1. The molecule has 1 aliphatic rings. The number of aromatic nitrogens is 2. The molecule has 114 valence electrons. The van der Waals surface area contributed by atoms with Crippen LogP contribution in [0.15, 0.2) is 42.9 Å². The third-order valence-corrected chi connectivity index (χ3v) is 4.28. The topological polar surface area (TPSA) is 49.3 Å². The summed E-state index contributed by atoms with van der Waals surface area (Å²) < 4.78 is 0. The van der Waals surface area contributed by atoms with E-state index < -0.39 is 0 Å². The Morgan fingerprint density at radius 1 is 1.27 bits per heavy atom. The Hall–Kier alpha value is -2.43. The van der Waals surface area contributed by atoms with Gasteiger partial charge < -0.3 is 9.80 Å². The molecule has 0 aliphatic heterocycles. The van der Waals surface area contributed by atoms with Gasteiger partial charge in [0, 0.05) is 26.5 Å². The van der Waals surface area contributed by atoms with Crippen LogP contribution in [0.2, 0.25) is 0 Å². The quantitative estimate of drug-likeness (QED) is 0.866. The number of rotatable bonds is 4. The van der Waals surface area contributed by atoms with E-state index in [-0.39, 0.29) is 11.9 Å². The molecule has 1 heterocycles. The van der Waals surface area contributed by atoms with Gasteiger partial charge in [-0.3, -0.25) is 9.78 Å². The van der Waals surface area contributed by atoms with Crippen molar-refractivity contribution in [2.75, 3.05) is 25.5 Å². The lowest BCUT2D eigenvalue weighted by molar-refractivity contribution is -0.130. The van der Waals surface area contributed by atoms with Gasteiger partial charge in [-0.15, -0.1) is 0 Å². The van der Waals surface area contributed by atoms with Crippen LogP contribution in [0.1, 0.15) is 23.6 Å². The first-order chi connectivity index (χ1) is 10.7. The van der Waals surface area contributed by atoms with Gasteiger partial charge in [0.2, 0.25) is 5.91 Å². The van der Waals surface area contributed by atoms with Gasteiger partial charge >= 0.3 is 0 Å². The van der Waals surface area contributed by atoms with Crippen molar-refractivity contribution in [2.45, 2.75) is 18.9 Å². The van der Waals surface area contributed by atoms with E-state index in [1.54, 1.807) is 18.6 Å². The molecular weight excluding hydrogens is 276 g/mol. The number of benzene rings is 1. The molecule has 1 amide bonds. The van der Waals surface area contributed by atoms with Crippen LogP contribution in [0, 0.1) is 0 Å². The van der Waals surface area contributed by atoms with Crippen LogP contribution in [-0.2, 0) is 11.2 Å². The predicted octanol–water partition coefficient (Wildman–Crippen LogP) is 2.06. The summed E-state index contributed by atoms with van der Waals surface area (Å²) in [7, 11) is 3.75. The molecule has 1 atom stereocenters. The normalized spacial score (nSPS) is 16.2. The van der Waals surface area contributed by atoms with Crippen LogP contribution in [0.25, 0.3) is 0 Å². The molecule has 3 rings (SSSR count). The van der Waals surface area contributed by atoms with E-state index in [1.807, 2.05) is 30.0 Å². The number of amides is 1. The number of aryl methyl sites for hydroxylation is 1. The summed E-state index contributed by atoms with van der Waals surface area (Å²) in [6.45, 7) is 0.299. The number of hydrogen-bond acceptors (Lipinski definition) is 4. The average Bonchev–Trinajstić information content (AvgIpc) is 2.99. The molecule has 0 bridgehead atoms. The van der Waals surface area contributed by atoms with Crippen LogP contribution in [0.5, 0.6) is 0 Å². The Balaban J connectivity index is 1.68. The third-order valence-electron chi connectivity index (χ3n) is 4.28. The second kappa shape index (κ2) is 6.13. The third kappa shape index (κ3) is 2.79. The summed E-state index contributed by atoms with van der Waals surface area (Å²) in [4.78, 5) is 24.5. The number of hydrogen-bond donors (Lipinski definition) is 0. The Bertz CT molecular complexity index is 659. The van der Waals surface area contributed by atoms with Crippen LogP contribution < -0.4 is 4.90 Å². The standard InChI is InChI=1S/C17H20N4O/c1-20(16-11-18-9-10-19-16)12-17(22)21(2)15-8-7-13-5-3-4-6-14(13)15/h3-6,9-11,15H,7-8,12H2,1-2H3/t15-/m1/s1. The molecule has 1 aromatic carbocycles. The summed E-state index contributed by atoms with van der Waals surface area (Å²) in [5, 5.41) is 0. The van der Waals surface area contributed by atoms with Crippen molar-refractivity contribution in [3.05, 3.63) is 54.0 Å². The van der Waals surface area contributed by atoms with E-state index in [9.17, 15) is 4.79 Å². The fourth-order valence-electron chi connectivity index (χ4n) is 2.99. The molecule has 0 saturated carbocycles. The summed E-state index contributed by atoms with van der Waals surface area (Å²) >= 11 is 0. The SMILES string of the molecule is CN(CC(=O)N(C)[C@@H]1CCc2ccccc21)c1cnccn1. The molecule has 0 spiro atoms. The molecule has 0 radical (unpaired) electrons. The summed E-state index contributed by atoms with van der Waals surface area (Å²) in [6.07, 6.45) is 6.96. The molecule has 0 N–H and O–H groups in total. The summed E-state index contributed by atoms with van der Waals surface area (Å²) in [5.41, 5.74) is 2.63. The first-order valence-corrected chi connectivity index (χ1v) is 7.47. The minimum atomic E-state index is 0.0925. The van der Waals surface area contributed by atoms with Gasteiger partial charge in [0.1, 0.15) is 5.82 Å². The van der Waals surface area contributed by atoms with Gasteiger partial charge in [-0.2, -0.15) is 0 Å². The lowest BCUT2D eigenvalue weighted by atomic mass is 10.1. The highest BCUT2D eigenvalue weighted by atomic mass is 16.2. The molecule has 5 nitrogen and oxygen atoms in total. The molecule has 1 aromatic heterocycles. The fraction of sp³-hybridized carbons (Fsp3) is 0.353. The van der Waals surface area contributed by atoms with Crippen LogP contribution in [0.3, 0.4) is 0 Å². The summed E-state index contributed by atoms with van der Waals surface area (Å²) in [5.74, 6) is 0.797. The molecule has 5 heteroatoms. The minimum Gasteiger partial charge on any atom is -0.349 e. The second-order valence-electron chi connectivity index (χ2n) is 5.68. The molecule has 2 aromatic rings. The molecule has 0 fully saturated rings. The Morgan fingerprint density at radius 2 is 2.09 bits per heavy atom. The number of likely N-dealkylation sites (N-methyl/N-ethyl adjacent to an activating group) is 2. The maximum atomic E-state index is 12.6. The van der Waals surface area contributed by atoms with Crippen molar-refractivity contribution in [3.8, 4) is 0 Å². The van der Waals surface area contributed by atoms with Gasteiger partial charge in [0.25, 0.3) is 0 Å². The number of carbonyl (C=O) groups is 1. The Morgan fingerprint density at radius 3 is 2.86 bits per heavy atom. The molecular formula is C17H20N4O. The Labute approximate surface area is 130 Å². The van der Waals surface area contributed by atoms with Gasteiger partial charge in [-0.25, -0.2) is 4.98 Å². The molecule has 0 unspecified atom stereocenters. The second-order valence-corrected chi connectivity index (χ2v) is 5.68. The zero-order valence-electron chi connectivity index (χ0n) is 12.9.